The van der Waals surface area contributed by atoms with Crippen molar-refractivity contribution in [1.29, 1.82) is 0 Å². The minimum atomic E-state index is 0.153. The molecule has 2 aromatic heterocycles. The van der Waals surface area contributed by atoms with Gasteiger partial charge in [-0.1, -0.05) is 5.16 Å². The molecule has 3 N–H and O–H groups in total. The quantitative estimate of drug-likeness (QED) is 0.761. The molecule has 9 heteroatoms. The molecular formula is C9H14N8O. The highest BCUT2D eigenvalue weighted by Crippen LogP contribution is 2.09. The smallest absolute Gasteiger partial charge is 0.231 e. The van der Waals surface area contributed by atoms with Crippen molar-refractivity contribution in [2.24, 2.45) is 0 Å². The molecule has 0 amide bonds. The van der Waals surface area contributed by atoms with E-state index >= 15 is 0 Å². The van der Waals surface area contributed by atoms with Gasteiger partial charge in [-0.25, -0.2) is 0 Å². The summed E-state index contributed by atoms with van der Waals surface area (Å²) in [6.07, 6.45) is 0. The summed E-state index contributed by atoms with van der Waals surface area (Å²) in [6.45, 7) is 2.08. The minimum absolute atomic E-state index is 0.153. The molecule has 2 aromatic rings. The van der Waals surface area contributed by atoms with E-state index in [1.165, 1.54) is 0 Å². The maximum absolute atomic E-state index is 5.59. The number of nitrogens with two attached hydrogens (primary N) is 1. The zero-order valence-electron chi connectivity index (χ0n) is 10.4. The summed E-state index contributed by atoms with van der Waals surface area (Å²) < 4.78 is 4.85. The van der Waals surface area contributed by atoms with Crippen molar-refractivity contribution in [3.63, 3.8) is 0 Å². The standard InChI is InChI=1S/C9H14N8O/c1-5-12-6(16-18-5)4-11-8-13-7(10)14-9(15-8)17(2)3/h4H2,1-3H3,(H3,10,11,13,14,15). The second-order valence-corrected chi connectivity index (χ2v) is 3.79. The number of nitrogens with zero attached hydrogens (tertiary/aromatic N) is 6. The number of anilines is 3. The van der Waals surface area contributed by atoms with E-state index in [1.807, 2.05) is 14.1 Å². The zero-order chi connectivity index (χ0) is 13.1. The first-order chi connectivity index (χ1) is 8.54. The van der Waals surface area contributed by atoms with Crippen LogP contribution in [0.1, 0.15) is 11.7 Å². The van der Waals surface area contributed by atoms with Crippen molar-refractivity contribution in [3.05, 3.63) is 11.7 Å². The van der Waals surface area contributed by atoms with Crippen LogP contribution < -0.4 is 16.0 Å². The van der Waals surface area contributed by atoms with Crippen LogP contribution in [0.25, 0.3) is 0 Å². The highest BCUT2D eigenvalue weighted by molar-refractivity contribution is 5.40. The van der Waals surface area contributed by atoms with E-state index < -0.39 is 0 Å². The maximum Gasteiger partial charge on any atom is 0.231 e. The molecule has 0 unspecified atom stereocenters. The van der Waals surface area contributed by atoms with E-state index in [2.05, 4.69) is 30.4 Å². The molecular weight excluding hydrogens is 236 g/mol. The van der Waals surface area contributed by atoms with Crippen LogP contribution in [0, 0.1) is 6.92 Å². The number of hydrogen-bond donors (Lipinski definition) is 2. The van der Waals surface area contributed by atoms with Crippen LogP contribution in [0.2, 0.25) is 0 Å². The van der Waals surface area contributed by atoms with Gasteiger partial charge in [0.05, 0.1) is 6.54 Å². The Balaban J connectivity index is 2.09. The second kappa shape index (κ2) is 4.82. The average molecular weight is 250 g/mol. The highest BCUT2D eigenvalue weighted by atomic mass is 16.5. The molecule has 2 rings (SSSR count). The fourth-order valence-electron chi connectivity index (χ4n) is 1.23. The molecule has 0 aliphatic carbocycles. The molecule has 0 saturated carbocycles. The van der Waals surface area contributed by atoms with Crippen LogP contribution in [0.3, 0.4) is 0 Å². The predicted octanol–water partition coefficient (Wildman–Crippen LogP) is -0.177. The van der Waals surface area contributed by atoms with Gasteiger partial charge in [0.1, 0.15) is 0 Å². The lowest BCUT2D eigenvalue weighted by Gasteiger charge is -2.11. The van der Waals surface area contributed by atoms with Crippen molar-refractivity contribution in [1.82, 2.24) is 25.1 Å². The molecule has 0 radical (unpaired) electrons. The van der Waals surface area contributed by atoms with Crippen molar-refractivity contribution in [2.75, 3.05) is 30.0 Å². The van der Waals surface area contributed by atoms with Crippen LogP contribution in [0.4, 0.5) is 17.8 Å². The van der Waals surface area contributed by atoms with E-state index in [1.54, 1.807) is 11.8 Å². The van der Waals surface area contributed by atoms with Crippen LogP contribution in [-0.2, 0) is 6.54 Å². The normalized spacial score (nSPS) is 10.4. The summed E-state index contributed by atoms with van der Waals surface area (Å²) in [7, 11) is 3.64. The van der Waals surface area contributed by atoms with Crippen molar-refractivity contribution < 1.29 is 4.52 Å². The zero-order valence-corrected chi connectivity index (χ0v) is 10.4. The first-order valence-electron chi connectivity index (χ1n) is 5.26. The summed E-state index contributed by atoms with van der Waals surface area (Å²) >= 11 is 0. The number of aromatic nitrogens is 5. The van der Waals surface area contributed by atoms with Gasteiger partial charge in [-0.2, -0.15) is 19.9 Å². The fraction of sp³-hybridized carbons (Fsp3) is 0.444. The lowest BCUT2D eigenvalue weighted by atomic mass is 10.6. The first-order valence-corrected chi connectivity index (χ1v) is 5.26. The lowest BCUT2D eigenvalue weighted by molar-refractivity contribution is 0.388. The van der Waals surface area contributed by atoms with E-state index in [9.17, 15) is 0 Å². The first kappa shape index (κ1) is 12.0. The molecule has 0 fully saturated rings. The predicted molar refractivity (Wildman–Crippen MR) is 64.9 cm³/mol. The monoisotopic (exact) mass is 250 g/mol. The molecule has 0 spiro atoms. The van der Waals surface area contributed by atoms with Crippen LogP contribution in [0.5, 0.6) is 0 Å². The van der Waals surface area contributed by atoms with E-state index in [0.29, 0.717) is 30.2 Å². The van der Waals surface area contributed by atoms with Crippen molar-refractivity contribution in [2.45, 2.75) is 13.5 Å². The molecule has 0 aliphatic heterocycles. The molecule has 96 valence electrons. The van der Waals surface area contributed by atoms with Gasteiger partial charge >= 0.3 is 0 Å². The summed E-state index contributed by atoms with van der Waals surface area (Å²) in [4.78, 5) is 17.9. The minimum Gasteiger partial charge on any atom is -0.368 e. The Bertz CT molecular complexity index is 537. The van der Waals surface area contributed by atoms with Gasteiger partial charge in [-0.3, -0.25) is 0 Å². The van der Waals surface area contributed by atoms with Gasteiger partial charge in [-0.05, 0) is 0 Å². The van der Waals surface area contributed by atoms with Gasteiger partial charge in [0.25, 0.3) is 0 Å². The van der Waals surface area contributed by atoms with Crippen LogP contribution in [0.15, 0.2) is 4.52 Å². The molecule has 9 nitrogen and oxygen atoms in total. The summed E-state index contributed by atoms with van der Waals surface area (Å²) in [5, 5.41) is 6.71. The van der Waals surface area contributed by atoms with Gasteiger partial charge in [0, 0.05) is 21.0 Å². The molecule has 0 saturated heterocycles. The Hall–Kier alpha value is -2.45. The van der Waals surface area contributed by atoms with Gasteiger partial charge in [-0.15, -0.1) is 0 Å². The van der Waals surface area contributed by atoms with Gasteiger partial charge < -0.3 is 20.5 Å². The molecule has 0 aliphatic rings. The maximum atomic E-state index is 5.59. The van der Waals surface area contributed by atoms with E-state index in [0.717, 1.165) is 0 Å². The summed E-state index contributed by atoms with van der Waals surface area (Å²) in [5.41, 5.74) is 5.59. The lowest BCUT2D eigenvalue weighted by Crippen LogP contribution is -2.16. The van der Waals surface area contributed by atoms with E-state index in [4.69, 9.17) is 10.3 Å². The molecule has 2 heterocycles. The molecule has 0 atom stereocenters. The van der Waals surface area contributed by atoms with Gasteiger partial charge in [0.2, 0.25) is 23.7 Å². The Kier molecular flexibility index (Phi) is 3.22. The topological polar surface area (TPSA) is 119 Å². The Morgan fingerprint density at radius 3 is 2.61 bits per heavy atom. The van der Waals surface area contributed by atoms with Gasteiger partial charge in [0.15, 0.2) is 5.82 Å². The molecule has 0 aromatic carbocycles. The van der Waals surface area contributed by atoms with Crippen molar-refractivity contribution >= 4 is 17.8 Å². The Morgan fingerprint density at radius 1 is 1.22 bits per heavy atom. The number of nitrogens with one attached hydrogen (secondary N) is 1. The number of aryl methyl sites for hydroxylation is 1. The van der Waals surface area contributed by atoms with Crippen molar-refractivity contribution in [3.8, 4) is 0 Å². The number of nitrogen functional groups attached to an aromatic ring is 1. The fourth-order valence-corrected chi connectivity index (χ4v) is 1.23. The molecule has 18 heavy (non-hydrogen) atoms. The summed E-state index contributed by atoms with van der Waals surface area (Å²) in [5.74, 6) is 2.04. The summed E-state index contributed by atoms with van der Waals surface area (Å²) in [6, 6.07) is 0. The highest BCUT2D eigenvalue weighted by Gasteiger charge is 2.07. The van der Waals surface area contributed by atoms with Crippen LogP contribution in [-0.4, -0.2) is 39.2 Å². The largest absolute Gasteiger partial charge is 0.368 e. The average Bonchev–Trinajstić information content (AvgIpc) is 2.72. The number of rotatable bonds is 4. The third-order valence-corrected chi connectivity index (χ3v) is 2.02. The van der Waals surface area contributed by atoms with E-state index in [-0.39, 0.29) is 5.95 Å². The Labute approximate surface area is 103 Å². The third kappa shape index (κ3) is 2.81. The molecule has 0 bridgehead atoms. The SMILES string of the molecule is Cc1nc(CNc2nc(N)nc(N(C)C)n2)no1. The third-order valence-electron chi connectivity index (χ3n) is 2.02. The number of hydrogen-bond acceptors (Lipinski definition) is 9. The Morgan fingerprint density at radius 2 is 2.00 bits per heavy atom. The second-order valence-electron chi connectivity index (χ2n) is 3.79. The van der Waals surface area contributed by atoms with Crippen LogP contribution >= 0.6 is 0 Å².